The van der Waals surface area contributed by atoms with Gasteiger partial charge in [0.05, 0.1) is 14.2 Å². The lowest BCUT2D eigenvalue weighted by molar-refractivity contribution is 0.0699. The van der Waals surface area contributed by atoms with E-state index in [1.165, 1.54) is 28.7 Å². The second-order valence-corrected chi connectivity index (χ2v) is 7.74. The number of carboxylic acid groups (broad SMARTS) is 1. The van der Waals surface area contributed by atoms with E-state index >= 15 is 0 Å². The van der Waals surface area contributed by atoms with Crippen LogP contribution >= 0.6 is 23.1 Å². The maximum atomic E-state index is 11.8. The number of hydrogen-bond donors (Lipinski definition) is 1. The molecular formula is C19H18O4S2. The van der Waals surface area contributed by atoms with E-state index in [1.54, 1.807) is 14.2 Å². The van der Waals surface area contributed by atoms with Crippen LogP contribution in [0.15, 0.2) is 40.1 Å². The third-order valence-corrected chi connectivity index (χ3v) is 6.46. The number of thiophene rings is 1. The Balaban J connectivity index is 2.20. The first kappa shape index (κ1) is 17.6. The van der Waals surface area contributed by atoms with Gasteiger partial charge in [0.1, 0.15) is 4.88 Å². The lowest BCUT2D eigenvalue weighted by Crippen LogP contribution is -1.94. The van der Waals surface area contributed by atoms with Gasteiger partial charge < -0.3 is 14.6 Å². The summed E-state index contributed by atoms with van der Waals surface area (Å²) in [4.78, 5) is 13.9. The van der Waals surface area contributed by atoms with Crippen molar-refractivity contribution in [2.75, 3.05) is 14.2 Å². The van der Waals surface area contributed by atoms with Gasteiger partial charge in [-0.25, -0.2) is 4.79 Å². The number of fused-ring (bicyclic) bond motifs is 1. The predicted molar refractivity (Wildman–Crippen MR) is 102 cm³/mol. The van der Waals surface area contributed by atoms with Crippen LogP contribution in [-0.2, 0) is 0 Å². The molecule has 0 aliphatic carbocycles. The van der Waals surface area contributed by atoms with Crippen molar-refractivity contribution in [2.24, 2.45) is 0 Å². The zero-order chi connectivity index (χ0) is 18.1. The quantitative estimate of drug-likeness (QED) is 0.649. The Hall–Kier alpha value is -2.18. The fourth-order valence-corrected chi connectivity index (χ4v) is 4.96. The molecule has 0 unspecified atom stereocenters. The Kier molecular flexibility index (Phi) is 4.92. The molecule has 0 saturated heterocycles. The summed E-state index contributed by atoms with van der Waals surface area (Å²) in [5.41, 5.74) is 2.31. The summed E-state index contributed by atoms with van der Waals surface area (Å²) in [6, 6.07) is 9.85. The van der Waals surface area contributed by atoms with Crippen LogP contribution in [0.5, 0.6) is 11.5 Å². The SMILES string of the molecule is COc1cc2sc(C(=O)O)c(Sc3ccc(C)cc3C)c2cc1OC. The Morgan fingerprint density at radius 1 is 1.08 bits per heavy atom. The minimum absolute atomic E-state index is 0.329. The third-order valence-electron chi connectivity index (χ3n) is 3.89. The van der Waals surface area contributed by atoms with Crippen molar-refractivity contribution < 1.29 is 19.4 Å². The van der Waals surface area contributed by atoms with Gasteiger partial charge in [-0.15, -0.1) is 11.3 Å². The number of aryl methyl sites for hydroxylation is 2. The van der Waals surface area contributed by atoms with E-state index in [2.05, 4.69) is 6.07 Å². The van der Waals surface area contributed by atoms with Crippen molar-refractivity contribution >= 4 is 39.2 Å². The minimum atomic E-state index is -0.925. The van der Waals surface area contributed by atoms with Gasteiger partial charge >= 0.3 is 5.97 Å². The van der Waals surface area contributed by atoms with Gasteiger partial charge in [-0.05, 0) is 31.5 Å². The summed E-state index contributed by atoms with van der Waals surface area (Å²) in [5, 5.41) is 10.5. The van der Waals surface area contributed by atoms with E-state index in [-0.39, 0.29) is 0 Å². The highest BCUT2D eigenvalue weighted by molar-refractivity contribution is 8.00. The second kappa shape index (κ2) is 6.98. The Morgan fingerprint density at radius 3 is 2.36 bits per heavy atom. The standard InChI is InChI=1S/C19H18O4S2/c1-10-5-6-15(11(2)7-10)24-17-12-8-13(22-3)14(23-4)9-16(12)25-18(17)19(20)21/h5-9H,1-4H3,(H,20,21). The summed E-state index contributed by atoms with van der Waals surface area (Å²) in [6.07, 6.45) is 0. The molecule has 0 radical (unpaired) electrons. The molecule has 0 amide bonds. The normalized spacial score (nSPS) is 10.9. The van der Waals surface area contributed by atoms with Crippen LogP contribution in [0.4, 0.5) is 0 Å². The molecule has 2 aromatic carbocycles. The largest absolute Gasteiger partial charge is 0.493 e. The molecule has 0 bridgehead atoms. The monoisotopic (exact) mass is 374 g/mol. The first-order valence-electron chi connectivity index (χ1n) is 7.61. The Bertz CT molecular complexity index is 960. The summed E-state index contributed by atoms with van der Waals surface area (Å²) in [7, 11) is 3.14. The van der Waals surface area contributed by atoms with Crippen LogP contribution in [-0.4, -0.2) is 25.3 Å². The molecule has 0 aliphatic heterocycles. The first-order chi connectivity index (χ1) is 11.9. The number of ether oxygens (including phenoxy) is 2. The van der Waals surface area contributed by atoms with Gasteiger partial charge in [0, 0.05) is 25.9 Å². The molecule has 1 N–H and O–H groups in total. The van der Waals surface area contributed by atoms with E-state index in [0.717, 1.165) is 25.4 Å². The first-order valence-corrected chi connectivity index (χ1v) is 9.24. The maximum absolute atomic E-state index is 11.8. The number of methoxy groups -OCH3 is 2. The van der Waals surface area contributed by atoms with Crippen molar-refractivity contribution in [3.05, 3.63) is 46.3 Å². The molecule has 0 atom stereocenters. The number of benzene rings is 2. The molecule has 0 spiro atoms. The summed E-state index contributed by atoms with van der Waals surface area (Å²) in [6.45, 7) is 4.08. The molecular weight excluding hydrogens is 356 g/mol. The van der Waals surface area contributed by atoms with Crippen LogP contribution in [0.25, 0.3) is 10.1 Å². The highest BCUT2D eigenvalue weighted by Crippen LogP contribution is 2.46. The van der Waals surface area contributed by atoms with E-state index in [9.17, 15) is 9.90 Å². The average molecular weight is 374 g/mol. The number of aromatic carboxylic acids is 1. The van der Waals surface area contributed by atoms with Gasteiger partial charge in [0.25, 0.3) is 0 Å². The second-order valence-electron chi connectivity index (χ2n) is 5.64. The molecule has 6 heteroatoms. The maximum Gasteiger partial charge on any atom is 0.347 e. The van der Waals surface area contributed by atoms with Gasteiger partial charge in [-0.1, -0.05) is 29.5 Å². The average Bonchev–Trinajstić information content (AvgIpc) is 2.93. The van der Waals surface area contributed by atoms with Gasteiger partial charge in [0.2, 0.25) is 0 Å². The van der Waals surface area contributed by atoms with E-state index in [4.69, 9.17) is 9.47 Å². The molecule has 3 aromatic rings. The molecule has 1 heterocycles. The van der Waals surface area contributed by atoms with E-state index < -0.39 is 5.97 Å². The highest BCUT2D eigenvalue weighted by atomic mass is 32.2. The van der Waals surface area contributed by atoms with Gasteiger partial charge in [0.15, 0.2) is 11.5 Å². The molecule has 4 nitrogen and oxygen atoms in total. The van der Waals surface area contributed by atoms with Gasteiger partial charge in [-0.2, -0.15) is 0 Å². The Morgan fingerprint density at radius 2 is 1.76 bits per heavy atom. The third kappa shape index (κ3) is 3.32. The van der Waals surface area contributed by atoms with E-state index in [1.807, 2.05) is 38.1 Å². The number of carbonyl (C=O) groups is 1. The van der Waals surface area contributed by atoms with Crippen molar-refractivity contribution in [1.82, 2.24) is 0 Å². The van der Waals surface area contributed by atoms with Crippen LogP contribution in [0.3, 0.4) is 0 Å². The zero-order valence-corrected chi connectivity index (χ0v) is 16.0. The highest BCUT2D eigenvalue weighted by Gasteiger charge is 2.21. The van der Waals surface area contributed by atoms with Crippen molar-refractivity contribution in [1.29, 1.82) is 0 Å². The molecule has 1 aromatic heterocycles. The lowest BCUT2D eigenvalue weighted by Gasteiger charge is -2.09. The minimum Gasteiger partial charge on any atom is -0.493 e. The fraction of sp³-hybridized carbons (Fsp3) is 0.211. The molecule has 0 saturated carbocycles. The molecule has 0 aliphatic rings. The number of hydrogen-bond acceptors (Lipinski definition) is 5. The van der Waals surface area contributed by atoms with Crippen LogP contribution in [0.2, 0.25) is 0 Å². The summed E-state index contributed by atoms with van der Waals surface area (Å²) in [5.74, 6) is 0.259. The van der Waals surface area contributed by atoms with Crippen molar-refractivity contribution in [2.45, 2.75) is 23.6 Å². The predicted octanol–water partition coefficient (Wildman–Crippen LogP) is 5.38. The fourth-order valence-electron chi connectivity index (χ4n) is 2.67. The molecule has 130 valence electrons. The van der Waals surface area contributed by atoms with Crippen molar-refractivity contribution in [3.8, 4) is 11.5 Å². The smallest absolute Gasteiger partial charge is 0.347 e. The number of carboxylic acids is 1. The number of rotatable bonds is 5. The topological polar surface area (TPSA) is 55.8 Å². The van der Waals surface area contributed by atoms with Crippen LogP contribution in [0.1, 0.15) is 20.8 Å². The summed E-state index contributed by atoms with van der Waals surface area (Å²) >= 11 is 2.73. The molecule has 3 rings (SSSR count). The van der Waals surface area contributed by atoms with Gasteiger partial charge in [-0.3, -0.25) is 0 Å². The molecule has 25 heavy (non-hydrogen) atoms. The summed E-state index contributed by atoms with van der Waals surface area (Å²) < 4.78 is 11.6. The van der Waals surface area contributed by atoms with Crippen LogP contribution < -0.4 is 9.47 Å². The lowest BCUT2D eigenvalue weighted by atomic mass is 10.2. The van der Waals surface area contributed by atoms with Crippen molar-refractivity contribution in [3.63, 3.8) is 0 Å². The zero-order valence-electron chi connectivity index (χ0n) is 14.4. The van der Waals surface area contributed by atoms with Crippen LogP contribution in [0, 0.1) is 13.8 Å². The molecule has 0 fully saturated rings. The van der Waals surface area contributed by atoms with E-state index in [0.29, 0.717) is 16.4 Å². The Labute approximate surface area is 154 Å².